The molecule has 0 spiro atoms. The van der Waals surface area contributed by atoms with Crippen LogP contribution in [0, 0.1) is 0 Å². The number of nitrogens with zero attached hydrogens (tertiary/aromatic N) is 5. The zero-order valence-electron chi connectivity index (χ0n) is 25.6. The maximum Gasteiger partial charge on any atom is 0.234 e. The Balaban J connectivity index is 1.33. The summed E-state index contributed by atoms with van der Waals surface area (Å²) in [6.07, 6.45) is 5.77. The molecule has 0 amide bonds. The molecule has 5 aromatic heterocycles. The Hall–Kier alpha value is -6.66. The van der Waals surface area contributed by atoms with Crippen LogP contribution in [-0.2, 0) is 0 Å². The fourth-order valence-corrected chi connectivity index (χ4v) is 7.75. The Morgan fingerprint density at radius 1 is 0.521 bits per heavy atom. The molecule has 11 aromatic rings. The standard InChI is InChI=1S/C42H25N5O/c1-2-11-27(12-3-1)47-34-17-8-5-14-30(34)38-39-36(37-31-15-6-9-18-35(31)48-41(37)40(38)47)29-13-4-7-16-33(29)46(39)28-21-19-26(20-22-28)32-25-45-24-10-23-43-42(45)44-32/h1-25H. The quantitative estimate of drug-likeness (QED) is 0.199. The first kappa shape index (κ1) is 25.5. The second-order valence-electron chi connectivity index (χ2n) is 12.3. The lowest BCUT2D eigenvalue weighted by atomic mass is 10.0. The molecule has 0 saturated heterocycles. The van der Waals surface area contributed by atoms with Gasteiger partial charge >= 0.3 is 0 Å². The molecule has 0 unspecified atom stereocenters. The van der Waals surface area contributed by atoms with Gasteiger partial charge in [-0.3, -0.25) is 4.40 Å². The predicted octanol–water partition coefficient (Wildman–Crippen LogP) is 10.5. The number of furan rings is 1. The molecular formula is C42H25N5O. The third-order valence-corrected chi connectivity index (χ3v) is 9.72. The van der Waals surface area contributed by atoms with Crippen LogP contribution >= 0.6 is 0 Å². The Kier molecular flexibility index (Phi) is 5.02. The number of rotatable bonds is 3. The van der Waals surface area contributed by atoms with Crippen molar-refractivity contribution in [3.05, 3.63) is 152 Å². The number of fused-ring (bicyclic) bond motifs is 13. The summed E-state index contributed by atoms with van der Waals surface area (Å²) in [7, 11) is 0. The molecule has 0 bridgehead atoms. The minimum atomic E-state index is 0.688. The molecule has 48 heavy (non-hydrogen) atoms. The maximum absolute atomic E-state index is 6.87. The van der Waals surface area contributed by atoms with Crippen LogP contribution in [0.5, 0.6) is 0 Å². The van der Waals surface area contributed by atoms with Crippen LogP contribution in [0.2, 0.25) is 0 Å². The van der Waals surface area contributed by atoms with Crippen molar-refractivity contribution in [1.82, 2.24) is 23.5 Å². The van der Waals surface area contributed by atoms with Crippen LogP contribution in [0.4, 0.5) is 0 Å². The van der Waals surface area contributed by atoms with Gasteiger partial charge in [-0.25, -0.2) is 9.97 Å². The molecule has 0 N–H and O–H groups in total. The van der Waals surface area contributed by atoms with Gasteiger partial charge < -0.3 is 13.6 Å². The molecule has 0 atom stereocenters. The van der Waals surface area contributed by atoms with Crippen molar-refractivity contribution in [3.8, 4) is 22.6 Å². The Morgan fingerprint density at radius 3 is 1.94 bits per heavy atom. The first-order valence-electron chi connectivity index (χ1n) is 16.1. The van der Waals surface area contributed by atoms with Crippen LogP contribution in [0.1, 0.15) is 0 Å². The summed E-state index contributed by atoms with van der Waals surface area (Å²) in [5.74, 6) is 0.688. The van der Waals surface area contributed by atoms with Crippen molar-refractivity contribution in [2.45, 2.75) is 0 Å². The van der Waals surface area contributed by atoms with Crippen molar-refractivity contribution in [3.63, 3.8) is 0 Å². The normalized spacial score (nSPS) is 12.2. The number of benzene rings is 6. The monoisotopic (exact) mass is 615 g/mol. The fraction of sp³-hybridized carbons (Fsp3) is 0. The van der Waals surface area contributed by atoms with Crippen molar-refractivity contribution >= 4 is 71.3 Å². The highest BCUT2D eigenvalue weighted by atomic mass is 16.3. The second kappa shape index (κ2) is 9.44. The number of hydrogen-bond donors (Lipinski definition) is 0. The van der Waals surface area contributed by atoms with Crippen LogP contribution in [0.15, 0.2) is 156 Å². The smallest absolute Gasteiger partial charge is 0.234 e. The molecule has 11 rings (SSSR count). The highest BCUT2D eigenvalue weighted by Gasteiger charge is 2.27. The van der Waals surface area contributed by atoms with Gasteiger partial charge in [0.15, 0.2) is 5.58 Å². The zero-order chi connectivity index (χ0) is 31.3. The molecule has 0 radical (unpaired) electrons. The van der Waals surface area contributed by atoms with Gasteiger partial charge in [-0.1, -0.05) is 84.9 Å². The fourth-order valence-electron chi connectivity index (χ4n) is 7.75. The SMILES string of the molecule is c1ccc(-n2c3ccccc3c3c2c2oc4ccccc4c2c2c4ccccc4n(-c4ccc(-c5cn6cccnc6n5)cc4)c23)cc1. The predicted molar refractivity (Wildman–Crippen MR) is 194 cm³/mol. The van der Waals surface area contributed by atoms with Gasteiger partial charge in [0.05, 0.1) is 27.8 Å². The average Bonchev–Trinajstić information content (AvgIpc) is 3.91. The van der Waals surface area contributed by atoms with E-state index in [0.717, 1.165) is 61.1 Å². The van der Waals surface area contributed by atoms with Crippen LogP contribution in [0.3, 0.4) is 0 Å². The van der Waals surface area contributed by atoms with Gasteiger partial charge in [0, 0.05) is 67.8 Å². The van der Waals surface area contributed by atoms with Gasteiger partial charge in [-0.15, -0.1) is 0 Å². The molecule has 224 valence electrons. The molecular weight excluding hydrogens is 590 g/mol. The lowest BCUT2D eigenvalue weighted by Crippen LogP contribution is -1.96. The highest BCUT2D eigenvalue weighted by molar-refractivity contribution is 6.39. The van der Waals surface area contributed by atoms with E-state index in [1.807, 2.05) is 22.9 Å². The Morgan fingerprint density at radius 2 is 1.17 bits per heavy atom. The van der Waals surface area contributed by atoms with E-state index < -0.39 is 0 Å². The van der Waals surface area contributed by atoms with E-state index in [0.29, 0.717) is 5.78 Å². The summed E-state index contributed by atoms with van der Waals surface area (Å²) in [4.78, 5) is 9.18. The summed E-state index contributed by atoms with van der Waals surface area (Å²) in [6.45, 7) is 0. The first-order chi connectivity index (χ1) is 23.8. The van der Waals surface area contributed by atoms with Gasteiger partial charge in [0.2, 0.25) is 5.78 Å². The first-order valence-corrected chi connectivity index (χ1v) is 16.1. The van der Waals surface area contributed by atoms with Crippen molar-refractivity contribution in [2.24, 2.45) is 0 Å². The van der Waals surface area contributed by atoms with Gasteiger partial charge in [0.25, 0.3) is 0 Å². The van der Waals surface area contributed by atoms with Crippen LogP contribution in [-0.4, -0.2) is 23.5 Å². The molecule has 6 nitrogen and oxygen atoms in total. The number of aromatic nitrogens is 5. The zero-order valence-corrected chi connectivity index (χ0v) is 25.6. The van der Waals surface area contributed by atoms with Crippen molar-refractivity contribution in [1.29, 1.82) is 0 Å². The van der Waals surface area contributed by atoms with E-state index in [1.165, 1.54) is 27.1 Å². The number of hydrogen-bond acceptors (Lipinski definition) is 3. The lowest BCUT2D eigenvalue weighted by Gasteiger charge is -2.11. The van der Waals surface area contributed by atoms with Gasteiger partial charge in [0.1, 0.15) is 5.58 Å². The average molecular weight is 616 g/mol. The molecule has 6 heteroatoms. The van der Waals surface area contributed by atoms with Crippen LogP contribution < -0.4 is 0 Å². The van der Waals surface area contributed by atoms with E-state index in [2.05, 4.69) is 142 Å². The van der Waals surface area contributed by atoms with Crippen molar-refractivity contribution < 1.29 is 4.42 Å². The Bertz CT molecular complexity index is 3020. The lowest BCUT2D eigenvalue weighted by molar-refractivity contribution is 0.671. The van der Waals surface area contributed by atoms with E-state index >= 15 is 0 Å². The summed E-state index contributed by atoms with van der Waals surface area (Å²) in [5, 5.41) is 6.99. The summed E-state index contributed by atoms with van der Waals surface area (Å²) in [5.41, 5.74) is 10.4. The van der Waals surface area contributed by atoms with E-state index in [9.17, 15) is 0 Å². The number of para-hydroxylation sites is 4. The summed E-state index contributed by atoms with van der Waals surface area (Å²) >= 11 is 0. The summed E-state index contributed by atoms with van der Waals surface area (Å²) < 4.78 is 13.6. The molecule has 0 aliphatic carbocycles. The minimum absolute atomic E-state index is 0.688. The maximum atomic E-state index is 6.87. The minimum Gasteiger partial charge on any atom is -0.454 e. The molecule has 0 saturated carbocycles. The van der Waals surface area contributed by atoms with Crippen LogP contribution in [0.25, 0.3) is 94.0 Å². The molecule has 0 aliphatic rings. The Labute approximate surface area is 273 Å². The third-order valence-electron chi connectivity index (χ3n) is 9.72. The van der Waals surface area contributed by atoms with Crippen molar-refractivity contribution in [2.75, 3.05) is 0 Å². The van der Waals surface area contributed by atoms with E-state index in [4.69, 9.17) is 9.40 Å². The number of imidazole rings is 1. The largest absolute Gasteiger partial charge is 0.454 e. The van der Waals surface area contributed by atoms with Gasteiger partial charge in [-0.05, 0) is 48.5 Å². The topological polar surface area (TPSA) is 53.2 Å². The summed E-state index contributed by atoms with van der Waals surface area (Å²) in [6, 6.07) is 47.1. The molecule has 0 aliphatic heterocycles. The molecule has 0 fully saturated rings. The van der Waals surface area contributed by atoms with Gasteiger partial charge in [-0.2, -0.15) is 0 Å². The van der Waals surface area contributed by atoms with E-state index in [-0.39, 0.29) is 0 Å². The molecule has 5 heterocycles. The second-order valence-corrected chi connectivity index (χ2v) is 12.3. The molecule has 6 aromatic carbocycles. The third kappa shape index (κ3) is 3.35. The highest BCUT2D eigenvalue weighted by Crippen LogP contribution is 2.49. The van der Waals surface area contributed by atoms with E-state index in [1.54, 1.807) is 6.20 Å².